The van der Waals surface area contributed by atoms with E-state index in [9.17, 15) is 13.2 Å². The molecule has 0 saturated carbocycles. The molecule has 0 aliphatic carbocycles. The maximum absolute atomic E-state index is 12.6. The topological polar surface area (TPSA) is 114 Å². The molecule has 0 atom stereocenters. The number of carbonyl (C=O) groups is 1. The summed E-state index contributed by atoms with van der Waals surface area (Å²) in [5.41, 5.74) is 0.888. The number of nitrogens with zero attached hydrogens (tertiary/aromatic N) is 2. The fourth-order valence-electron chi connectivity index (χ4n) is 2.50. The first-order valence-electron chi connectivity index (χ1n) is 9.07. The van der Waals surface area contributed by atoms with Crippen LogP contribution in [0.1, 0.15) is 18.4 Å². The number of nitrogens with one attached hydrogen (secondary N) is 2. The summed E-state index contributed by atoms with van der Waals surface area (Å²) in [6, 6.07) is 9.85. The molecule has 0 aliphatic heterocycles. The minimum atomic E-state index is -3.80. The number of benzene rings is 1. The zero-order valence-corrected chi connectivity index (χ0v) is 18.3. The first-order valence-corrected chi connectivity index (χ1v) is 11.4. The smallest absolute Gasteiger partial charge is 0.327 e. The average molecular weight is 451 g/mol. The highest BCUT2D eigenvalue weighted by Crippen LogP contribution is 2.29. The number of carbonyl (C=O) groups excluding carboxylic acids is 1. The van der Waals surface area contributed by atoms with Crippen LogP contribution in [-0.4, -0.2) is 33.1 Å². The number of rotatable bonds is 8. The molecule has 11 heteroatoms. The largest absolute Gasteiger partial charge is 0.494 e. The molecule has 0 bridgehead atoms. The Kier molecular flexibility index (Phi) is 6.75. The molecule has 2 heterocycles. The van der Waals surface area contributed by atoms with Crippen LogP contribution in [-0.2, 0) is 16.6 Å². The van der Waals surface area contributed by atoms with E-state index in [0.29, 0.717) is 29.5 Å². The first kappa shape index (κ1) is 21.8. The van der Waals surface area contributed by atoms with Gasteiger partial charge in [-0.2, -0.15) is 0 Å². The van der Waals surface area contributed by atoms with Gasteiger partial charge in [0.2, 0.25) is 0 Å². The SMILES string of the molecule is CCOc1ccc(NC(=O)N(C)c2nc(C)c(S(=O)(=O)NCc3ccco3)s2)cc1. The van der Waals surface area contributed by atoms with Gasteiger partial charge < -0.3 is 14.5 Å². The highest BCUT2D eigenvalue weighted by molar-refractivity contribution is 7.91. The van der Waals surface area contributed by atoms with E-state index < -0.39 is 16.1 Å². The summed E-state index contributed by atoms with van der Waals surface area (Å²) >= 11 is 0.913. The highest BCUT2D eigenvalue weighted by Gasteiger charge is 2.25. The minimum Gasteiger partial charge on any atom is -0.494 e. The Morgan fingerprint density at radius 2 is 2.00 bits per heavy atom. The van der Waals surface area contributed by atoms with Crippen molar-refractivity contribution in [3.8, 4) is 5.75 Å². The molecule has 9 nitrogen and oxygen atoms in total. The summed E-state index contributed by atoms with van der Waals surface area (Å²) in [4.78, 5) is 18.1. The quantitative estimate of drug-likeness (QED) is 0.542. The van der Waals surface area contributed by atoms with E-state index in [2.05, 4.69) is 15.0 Å². The van der Waals surface area contributed by atoms with Gasteiger partial charge in [-0.05, 0) is 50.2 Å². The van der Waals surface area contributed by atoms with Gasteiger partial charge in [-0.25, -0.2) is 22.9 Å². The van der Waals surface area contributed by atoms with Crippen molar-refractivity contribution in [2.24, 2.45) is 0 Å². The number of hydrogen-bond donors (Lipinski definition) is 2. The number of thiazole rings is 1. The standard InChI is InChI=1S/C19H22N4O5S2/c1-4-27-15-9-7-14(8-10-15)22-18(24)23(3)19-21-13(2)17(29-19)30(25,26)20-12-16-6-5-11-28-16/h5-11,20H,4,12H2,1-3H3,(H,22,24). The fourth-order valence-corrected chi connectivity index (χ4v) is 5.00. The number of aromatic nitrogens is 1. The normalized spacial score (nSPS) is 11.3. The zero-order valence-electron chi connectivity index (χ0n) is 16.7. The van der Waals surface area contributed by atoms with Crippen LogP contribution in [0, 0.1) is 6.92 Å². The Morgan fingerprint density at radius 1 is 1.27 bits per heavy atom. The van der Waals surface area contributed by atoms with E-state index in [0.717, 1.165) is 11.3 Å². The van der Waals surface area contributed by atoms with Crippen LogP contribution >= 0.6 is 11.3 Å². The molecule has 0 saturated heterocycles. The molecule has 2 aromatic heterocycles. The molecule has 2 N–H and O–H groups in total. The third-order valence-electron chi connectivity index (χ3n) is 4.01. The van der Waals surface area contributed by atoms with Crippen LogP contribution in [0.15, 0.2) is 51.3 Å². The van der Waals surface area contributed by atoms with Crippen LogP contribution in [0.3, 0.4) is 0 Å². The minimum absolute atomic E-state index is 0.0239. The van der Waals surface area contributed by atoms with Crippen LogP contribution in [0.2, 0.25) is 0 Å². The third kappa shape index (κ3) is 5.17. The van der Waals surface area contributed by atoms with Gasteiger partial charge in [-0.1, -0.05) is 11.3 Å². The average Bonchev–Trinajstić information content (AvgIpc) is 3.37. The predicted molar refractivity (Wildman–Crippen MR) is 115 cm³/mol. The molecule has 1 aromatic carbocycles. The van der Waals surface area contributed by atoms with Crippen LogP contribution < -0.4 is 19.7 Å². The number of sulfonamides is 1. The maximum Gasteiger partial charge on any atom is 0.327 e. The molecule has 3 aromatic rings. The van der Waals surface area contributed by atoms with E-state index in [4.69, 9.17) is 9.15 Å². The molecule has 2 amide bonds. The number of amides is 2. The number of anilines is 2. The number of aryl methyl sites for hydroxylation is 1. The molecule has 0 aliphatic rings. The second-order valence-corrected chi connectivity index (χ2v) is 9.16. The molecular formula is C19H22N4O5S2. The Balaban J connectivity index is 1.69. The lowest BCUT2D eigenvalue weighted by molar-refractivity contribution is 0.258. The van der Waals surface area contributed by atoms with Crippen molar-refractivity contribution in [3.63, 3.8) is 0 Å². The Hall–Kier alpha value is -2.89. The zero-order chi connectivity index (χ0) is 21.7. The van der Waals surface area contributed by atoms with Gasteiger partial charge in [-0.15, -0.1) is 0 Å². The lowest BCUT2D eigenvalue weighted by Gasteiger charge is -2.15. The summed E-state index contributed by atoms with van der Waals surface area (Å²) in [7, 11) is -2.28. The molecule has 0 spiro atoms. The van der Waals surface area contributed by atoms with Crippen molar-refractivity contribution in [2.45, 2.75) is 24.6 Å². The molecule has 3 rings (SSSR count). The van der Waals surface area contributed by atoms with Gasteiger partial charge in [0.05, 0.1) is 25.1 Å². The number of hydrogen-bond acceptors (Lipinski definition) is 7. The van der Waals surface area contributed by atoms with E-state index in [1.54, 1.807) is 43.3 Å². The Labute approximate surface area is 178 Å². The summed E-state index contributed by atoms with van der Waals surface area (Å²) in [5, 5.41) is 3.00. The predicted octanol–water partition coefficient (Wildman–Crippen LogP) is 3.59. The van der Waals surface area contributed by atoms with Gasteiger partial charge in [0.15, 0.2) is 9.34 Å². The fraction of sp³-hybridized carbons (Fsp3) is 0.263. The van der Waals surface area contributed by atoms with Crippen LogP contribution in [0.25, 0.3) is 0 Å². The van der Waals surface area contributed by atoms with Crippen LogP contribution in [0.5, 0.6) is 5.75 Å². The second kappa shape index (κ2) is 9.28. The number of furan rings is 1. The molecule has 0 unspecified atom stereocenters. The van der Waals surface area contributed by atoms with Crippen molar-refractivity contribution in [1.82, 2.24) is 9.71 Å². The van der Waals surface area contributed by atoms with Gasteiger partial charge in [0.25, 0.3) is 10.0 Å². The van der Waals surface area contributed by atoms with Crippen molar-refractivity contribution >= 4 is 38.2 Å². The summed E-state index contributed by atoms with van der Waals surface area (Å²) in [5.74, 6) is 1.20. The van der Waals surface area contributed by atoms with Crippen LogP contribution in [0.4, 0.5) is 15.6 Å². The van der Waals surface area contributed by atoms with Crippen molar-refractivity contribution < 1.29 is 22.4 Å². The highest BCUT2D eigenvalue weighted by atomic mass is 32.2. The van der Waals surface area contributed by atoms with E-state index in [1.807, 2.05) is 6.92 Å². The second-order valence-electron chi connectivity index (χ2n) is 6.22. The first-order chi connectivity index (χ1) is 14.3. The number of ether oxygens (including phenoxy) is 1. The van der Waals surface area contributed by atoms with E-state index >= 15 is 0 Å². The van der Waals surface area contributed by atoms with Gasteiger partial charge in [0.1, 0.15) is 11.5 Å². The molecular weight excluding hydrogens is 428 g/mol. The molecule has 0 radical (unpaired) electrons. The van der Waals surface area contributed by atoms with Gasteiger partial charge in [0, 0.05) is 12.7 Å². The molecule has 30 heavy (non-hydrogen) atoms. The van der Waals surface area contributed by atoms with Gasteiger partial charge in [-0.3, -0.25) is 4.90 Å². The molecule has 160 valence electrons. The monoisotopic (exact) mass is 450 g/mol. The van der Waals surface area contributed by atoms with E-state index in [-0.39, 0.29) is 15.9 Å². The van der Waals surface area contributed by atoms with Crippen molar-refractivity contribution in [2.75, 3.05) is 23.9 Å². The lowest BCUT2D eigenvalue weighted by Crippen LogP contribution is -2.31. The summed E-state index contributed by atoms with van der Waals surface area (Å²) in [6.07, 6.45) is 1.47. The number of urea groups is 1. The van der Waals surface area contributed by atoms with Crippen molar-refractivity contribution in [1.29, 1.82) is 0 Å². The summed E-state index contributed by atoms with van der Waals surface area (Å²) < 4.78 is 38.3. The Morgan fingerprint density at radius 3 is 2.63 bits per heavy atom. The summed E-state index contributed by atoms with van der Waals surface area (Å²) in [6.45, 7) is 4.05. The van der Waals surface area contributed by atoms with Crippen molar-refractivity contribution in [3.05, 3.63) is 54.1 Å². The third-order valence-corrected chi connectivity index (χ3v) is 7.26. The maximum atomic E-state index is 12.6. The Bertz CT molecular complexity index is 1090. The van der Waals surface area contributed by atoms with E-state index in [1.165, 1.54) is 18.2 Å². The van der Waals surface area contributed by atoms with Gasteiger partial charge >= 0.3 is 6.03 Å². The lowest BCUT2D eigenvalue weighted by atomic mass is 10.3. The molecule has 0 fully saturated rings.